The number of anilines is 1. The Bertz CT molecular complexity index is 787. The number of nitrogens with zero attached hydrogens (tertiary/aromatic N) is 4. The van der Waals surface area contributed by atoms with Crippen molar-refractivity contribution in [2.75, 3.05) is 18.0 Å². The van der Waals surface area contributed by atoms with Crippen molar-refractivity contribution in [1.29, 1.82) is 5.26 Å². The summed E-state index contributed by atoms with van der Waals surface area (Å²) in [6, 6.07) is 6.55. The number of hydrogen-bond donors (Lipinski definition) is 0. The van der Waals surface area contributed by atoms with E-state index in [0.29, 0.717) is 0 Å². The summed E-state index contributed by atoms with van der Waals surface area (Å²) in [7, 11) is 0. The van der Waals surface area contributed by atoms with Crippen LogP contribution in [0.4, 0.5) is 5.69 Å². The second-order valence-electron chi connectivity index (χ2n) is 6.61. The summed E-state index contributed by atoms with van der Waals surface area (Å²) < 4.78 is 0. The highest BCUT2D eigenvalue weighted by atomic mass is 32.2. The number of aromatic nitrogens is 2. The molecular formula is C20H24N4S. The molecule has 1 saturated heterocycles. The van der Waals surface area contributed by atoms with Crippen LogP contribution in [0.3, 0.4) is 0 Å². The molecule has 1 aliphatic heterocycles. The van der Waals surface area contributed by atoms with Crippen molar-refractivity contribution >= 4 is 17.4 Å². The van der Waals surface area contributed by atoms with Crippen LogP contribution in [-0.2, 0) is 5.75 Å². The van der Waals surface area contributed by atoms with Crippen LogP contribution in [0.2, 0.25) is 0 Å². The average molecular weight is 353 g/mol. The Morgan fingerprint density at radius 2 is 1.92 bits per heavy atom. The summed E-state index contributed by atoms with van der Waals surface area (Å²) in [6.45, 7) is 8.18. The van der Waals surface area contributed by atoms with Crippen molar-refractivity contribution in [1.82, 2.24) is 9.97 Å². The predicted molar refractivity (Wildman–Crippen MR) is 103 cm³/mol. The maximum absolute atomic E-state index is 9.84. The molecule has 0 radical (unpaired) electrons. The molecule has 3 rings (SSSR count). The first-order chi connectivity index (χ1) is 12.1. The SMILES string of the molecule is Cc1ccc(CSc2nc(C)c(C)c(N3CCCCC3)c2C#N)cn1. The maximum atomic E-state index is 9.84. The van der Waals surface area contributed by atoms with Gasteiger partial charge in [0.1, 0.15) is 16.7 Å². The van der Waals surface area contributed by atoms with E-state index in [1.165, 1.54) is 19.3 Å². The molecule has 0 atom stereocenters. The summed E-state index contributed by atoms with van der Waals surface area (Å²) in [6.07, 6.45) is 5.58. The molecule has 130 valence electrons. The third kappa shape index (κ3) is 3.96. The lowest BCUT2D eigenvalue weighted by molar-refractivity contribution is 0.575. The molecule has 0 saturated carbocycles. The van der Waals surface area contributed by atoms with Gasteiger partial charge >= 0.3 is 0 Å². The van der Waals surface area contributed by atoms with E-state index in [2.05, 4.69) is 28.9 Å². The standard InChI is InChI=1S/C20H24N4S/c1-14-7-8-17(12-22-14)13-25-20-18(11-21)19(15(2)16(3)23-20)24-9-5-4-6-10-24/h7-8,12H,4-6,9-10,13H2,1-3H3. The van der Waals surface area contributed by atoms with Crippen molar-refractivity contribution in [2.45, 2.75) is 50.8 Å². The van der Waals surface area contributed by atoms with Crippen molar-refractivity contribution in [3.8, 4) is 6.07 Å². The van der Waals surface area contributed by atoms with Crippen LogP contribution in [0.15, 0.2) is 23.4 Å². The van der Waals surface area contributed by atoms with Crippen molar-refractivity contribution in [3.63, 3.8) is 0 Å². The molecule has 2 aromatic heterocycles. The Kier molecular flexibility index (Phi) is 5.60. The minimum atomic E-state index is 0.732. The summed E-state index contributed by atoms with van der Waals surface area (Å²) in [4.78, 5) is 11.5. The van der Waals surface area contributed by atoms with E-state index in [1.54, 1.807) is 11.8 Å². The van der Waals surface area contributed by atoms with E-state index in [4.69, 9.17) is 4.98 Å². The highest BCUT2D eigenvalue weighted by Gasteiger charge is 2.22. The topological polar surface area (TPSA) is 52.8 Å². The Balaban J connectivity index is 1.91. The molecule has 0 aliphatic carbocycles. The molecular weight excluding hydrogens is 328 g/mol. The lowest BCUT2D eigenvalue weighted by atomic mass is 10.0. The number of aryl methyl sites for hydroxylation is 2. The zero-order chi connectivity index (χ0) is 17.8. The van der Waals surface area contributed by atoms with E-state index in [1.807, 2.05) is 26.1 Å². The van der Waals surface area contributed by atoms with Crippen LogP contribution in [0, 0.1) is 32.1 Å². The van der Waals surface area contributed by atoms with Crippen LogP contribution in [0.1, 0.15) is 47.3 Å². The van der Waals surface area contributed by atoms with Crippen LogP contribution < -0.4 is 4.90 Å². The van der Waals surface area contributed by atoms with Gasteiger partial charge in [-0.2, -0.15) is 5.26 Å². The van der Waals surface area contributed by atoms with E-state index in [9.17, 15) is 5.26 Å². The molecule has 25 heavy (non-hydrogen) atoms. The van der Waals surface area contributed by atoms with Gasteiger partial charge in [-0.3, -0.25) is 4.98 Å². The third-order valence-electron chi connectivity index (χ3n) is 4.75. The normalized spacial score (nSPS) is 14.4. The van der Waals surface area contributed by atoms with Gasteiger partial charge < -0.3 is 4.90 Å². The molecule has 0 amide bonds. The van der Waals surface area contributed by atoms with Gasteiger partial charge in [0.05, 0.1) is 5.69 Å². The summed E-state index contributed by atoms with van der Waals surface area (Å²) in [5.74, 6) is 0.775. The molecule has 1 aliphatic rings. The summed E-state index contributed by atoms with van der Waals surface area (Å²) >= 11 is 1.63. The van der Waals surface area contributed by atoms with E-state index in [-0.39, 0.29) is 0 Å². The lowest BCUT2D eigenvalue weighted by Crippen LogP contribution is -2.31. The van der Waals surface area contributed by atoms with Crippen LogP contribution >= 0.6 is 11.8 Å². The van der Waals surface area contributed by atoms with Gasteiger partial charge in [0.25, 0.3) is 0 Å². The number of nitriles is 1. The smallest absolute Gasteiger partial charge is 0.117 e. The highest BCUT2D eigenvalue weighted by molar-refractivity contribution is 7.98. The van der Waals surface area contributed by atoms with Gasteiger partial charge in [0.15, 0.2) is 0 Å². The Labute approximate surface area is 154 Å². The minimum absolute atomic E-state index is 0.732. The Morgan fingerprint density at radius 1 is 1.16 bits per heavy atom. The predicted octanol–water partition coefficient (Wildman–Crippen LogP) is 4.56. The van der Waals surface area contributed by atoms with Crippen LogP contribution in [0.5, 0.6) is 0 Å². The highest BCUT2D eigenvalue weighted by Crippen LogP contribution is 2.35. The number of thioether (sulfide) groups is 1. The second-order valence-corrected chi connectivity index (χ2v) is 7.57. The summed E-state index contributed by atoms with van der Waals surface area (Å²) in [5, 5.41) is 10.7. The molecule has 3 heterocycles. The van der Waals surface area contributed by atoms with Gasteiger partial charge in [-0.25, -0.2) is 4.98 Å². The zero-order valence-electron chi connectivity index (χ0n) is 15.2. The molecule has 0 bridgehead atoms. The largest absolute Gasteiger partial charge is 0.370 e. The fourth-order valence-corrected chi connectivity index (χ4v) is 4.17. The van der Waals surface area contributed by atoms with E-state index >= 15 is 0 Å². The van der Waals surface area contributed by atoms with Gasteiger partial charge in [0, 0.05) is 36.4 Å². The number of hydrogen-bond acceptors (Lipinski definition) is 5. The molecule has 4 nitrogen and oxygen atoms in total. The number of piperidine rings is 1. The number of pyridine rings is 2. The maximum Gasteiger partial charge on any atom is 0.117 e. The van der Waals surface area contributed by atoms with E-state index in [0.717, 1.165) is 57.6 Å². The molecule has 5 heteroatoms. The third-order valence-corrected chi connectivity index (χ3v) is 5.80. The van der Waals surface area contributed by atoms with Gasteiger partial charge in [0.2, 0.25) is 0 Å². The van der Waals surface area contributed by atoms with Crippen molar-refractivity contribution in [2.24, 2.45) is 0 Å². The van der Waals surface area contributed by atoms with Gasteiger partial charge in [-0.05, 0) is 57.2 Å². The molecule has 2 aromatic rings. The Hall–Kier alpha value is -2.06. The van der Waals surface area contributed by atoms with Crippen LogP contribution in [0.25, 0.3) is 0 Å². The Morgan fingerprint density at radius 3 is 2.56 bits per heavy atom. The first-order valence-electron chi connectivity index (χ1n) is 8.80. The van der Waals surface area contributed by atoms with Gasteiger partial charge in [-0.15, -0.1) is 11.8 Å². The fraction of sp³-hybridized carbons (Fsp3) is 0.450. The molecule has 1 fully saturated rings. The summed E-state index contributed by atoms with van der Waals surface area (Å²) in [5.41, 5.74) is 6.15. The average Bonchev–Trinajstić information content (AvgIpc) is 2.64. The minimum Gasteiger partial charge on any atom is -0.370 e. The number of rotatable bonds is 4. The molecule has 0 unspecified atom stereocenters. The second kappa shape index (κ2) is 7.88. The van der Waals surface area contributed by atoms with Crippen LogP contribution in [-0.4, -0.2) is 23.1 Å². The lowest BCUT2D eigenvalue weighted by Gasteiger charge is -2.31. The van der Waals surface area contributed by atoms with Gasteiger partial charge in [-0.1, -0.05) is 6.07 Å². The fourth-order valence-electron chi connectivity index (χ4n) is 3.21. The van der Waals surface area contributed by atoms with E-state index < -0.39 is 0 Å². The molecule has 0 aromatic carbocycles. The first kappa shape index (κ1) is 17.8. The zero-order valence-corrected chi connectivity index (χ0v) is 16.0. The van der Waals surface area contributed by atoms with Crippen molar-refractivity contribution in [3.05, 3.63) is 46.4 Å². The molecule has 0 N–H and O–H groups in total. The monoisotopic (exact) mass is 352 g/mol. The van der Waals surface area contributed by atoms with Crippen molar-refractivity contribution < 1.29 is 0 Å². The first-order valence-corrected chi connectivity index (χ1v) is 9.79. The quantitative estimate of drug-likeness (QED) is 0.755. The molecule has 0 spiro atoms.